The summed E-state index contributed by atoms with van der Waals surface area (Å²) in [6, 6.07) is 21.4. The average Bonchev–Trinajstić information content (AvgIpc) is 3.45. The molecule has 6 nitrogen and oxygen atoms in total. The normalized spacial score (nSPS) is 13.6. The molecule has 1 aromatic heterocycles. The van der Waals surface area contributed by atoms with Crippen LogP contribution in [0.1, 0.15) is 56.4 Å². The summed E-state index contributed by atoms with van der Waals surface area (Å²) in [5, 5.41) is 0. The summed E-state index contributed by atoms with van der Waals surface area (Å²) < 4.78 is 13.6. The van der Waals surface area contributed by atoms with Crippen LogP contribution >= 0.6 is 11.8 Å². The SMILES string of the molecule is COC(=O)c1cccc(SCc2c(O[C@H](Cn3ccnc3)c3ccccc3)ccc3c2CCCC3=O)c1. The molecule has 0 bridgehead atoms. The molecule has 0 radical (unpaired) electrons. The van der Waals surface area contributed by atoms with E-state index in [1.54, 1.807) is 30.4 Å². The second kappa shape index (κ2) is 11.5. The van der Waals surface area contributed by atoms with Crippen molar-refractivity contribution in [2.75, 3.05) is 7.11 Å². The number of hydrogen-bond donors (Lipinski definition) is 0. The van der Waals surface area contributed by atoms with Crippen LogP contribution < -0.4 is 4.74 Å². The number of fused-ring (bicyclic) bond motifs is 1. The average molecular weight is 513 g/mol. The number of carbonyl (C=O) groups is 2. The second-order valence-electron chi connectivity index (χ2n) is 8.93. The zero-order valence-electron chi connectivity index (χ0n) is 20.6. The predicted molar refractivity (Wildman–Crippen MR) is 143 cm³/mol. The van der Waals surface area contributed by atoms with E-state index in [1.807, 2.05) is 59.3 Å². The molecule has 4 aromatic rings. The van der Waals surface area contributed by atoms with E-state index in [9.17, 15) is 9.59 Å². The highest BCUT2D eigenvalue weighted by atomic mass is 32.2. The summed E-state index contributed by atoms with van der Waals surface area (Å²) in [4.78, 5) is 29.9. The van der Waals surface area contributed by atoms with Crippen molar-refractivity contribution in [1.82, 2.24) is 9.55 Å². The van der Waals surface area contributed by atoms with Crippen molar-refractivity contribution in [2.45, 2.75) is 42.6 Å². The minimum atomic E-state index is -0.362. The van der Waals surface area contributed by atoms with E-state index in [2.05, 4.69) is 17.1 Å². The summed E-state index contributed by atoms with van der Waals surface area (Å²) in [6.45, 7) is 0.605. The van der Waals surface area contributed by atoms with E-state index in [0.717, 1.165) is 45.7 Å². The molecule has 0 saturated carbocycles. The van der Waals surface area contributed by atoms with Crippen LogP contribution in [0, 0.1) is 0 Å². The van der Waals surface area contributed by atoms with Gasteiger partial charge in [0.05, 0.1) is 25.5 Å². The number of imidazole rings is 1. The van der Waals surface area contributed by atoms with Crippen molar-refractivity contribution in [3.8, 4) is 5.75 Å². The first-order valence-electron chi connectivity index (χ1n) is 12.3. The molecule has 1 aliphatic carbocycles. The maximum Gasteiger partial charge on any atom is 0.337 e. The van der Waals surface area contributed by atoms with Gasteiger partial charge in [-0.3, -0.25) is 4.79 Å². The van der Waals surface area contributed by atoms with E-state index < -0.39 is 0 Å². The number of ketones is 1. The Bertz CT molecular complexity index is 1390. The van der Waals surface area contributed by atoms with E-state index >= 15 is 0 Å². The molecule has 37 heavy (non-hydrogen) atoms. The van der Waals surface area contributed by atoms with Gasteiger partial charge < -0.3 is 14.0 Å². The molecule has 7 heteroatoms. The van der Waals surface area contributed by atoms with E-state index in [0.29, 0.717) is 24.3 Å². The van der Waals surface area contributed by atoms with Gasteiger partial charge in [-0.1, -0.05) is 36.4 Å². The maximum atomic E-state index is 12.7. The van der Waals surface area contributed by atoms with Crippen LogP contribution in [0.3, 0.4) is 0 Å². The van der Waals surface area contributed by atoms with Gasteiger partial charge in [-0.2, -0.15) is 0 Å². The van der Waals surface area contributed by atoms with Crippen molar-refractivity contribution in [1.29, 1.82) is 0 Å². The minimum absolute atomic E-state index is 0.185. The quantitative estimate of drug-likeness (QED) is 0.194. The Morgan fingerprint density at radius 3 is 2.73 bits per heavy atom. The third-order valence-corrected chi connectivity index (χ3v) is 7.55. The van der Waals surface area contributed by atoms with E-state index in [1.165, 1.54) is 7.11 Å². The van der Waals surface area contributed by atoms with Crippen LogP contribution in [0.15, 0.2) is 90.3 Å². The Labute approximate surface area is 220 Å². The Balaban J connectivity index is 1.48. The summed E-state index contributed by atoms with van der Waals surface area (Å²) in [6.07, 6.45) is 7.49. The summed E-state index contributed by atoms with van der Waals surface area (Å²) in [7, 11) is 1.38. The number of thioether (sulfide) groups is 1. The third kappa shape index (κ3) is 5.78. The molecular weight excluding hydrogens is 484 g/mol. The van der Waals surface area contributed by atoms with Crippen LogP contribution in [-0.4, -0.2) is 28.4 Å². The molecule has 1 atom stereocenters. The molecule has 0 spiro atoms. The molecule has 0 amide bonds. The standard InChI is InChI=1S/C30H28N2O4S/c1-35-30(34)22-9-5-10-23(17-22)37-19-26-24-11-6-12-27(33)25(24)13-14-28(26)36-29(18-32-16-15-31-20-32)21-7-3-2-4-8-21/h2-5,7-10,13-17,20,29H,6,11-12,18-19H2,1H3/t29-/m1/s1. The Kier molecular flexibility index (Phi) is 7.70. The van der Waals surface area contributed by atoms with Crippen LogP contribution in [0.5, 0.6) is 5.75 Å². The molecule has 0 N–H and O–H groups in total. The van der Waals surface area contributed by atoms with Crippen molar-refractivity contribution in [3.63, 3.8) is 0 Å². The topological polar surface area (TPSA) is 70.4 Å². The highest BCUT2D eigenvalue weighted by Gasteiger charge is 2.25. The lowest BCUT2D eigenvalue weighted by atomic mass is 9.87. The molecule has 0 aliphatic heterocycles. The number of Topliss-reactive ketones (excluding diaryl/α,β-unsaturated/α-hetero) is 1. The second-order valence-corrected chi connectivity index (χ2v) is 9.98. The lowest BCUT2D eigenvalue weighted by Crippen LogP contribution is -2.18. The fraction of sp³-hybridized carbons (Fsp3) is 0.233. The first-order valence-corrected chi connectivity index (χ1v) is 13.3. The van der Waals surface area contributed by atoms with Gasteiger partial charge in [0.15, 0.2) is 5.78 Å². The maximum absolute atomic E-state index is 12.7. The summed E-state index contributed by atoms with van der Waals surface area (Å²) >= 11 is 1.62. The number of methoxy groups -OCH3 is 1. The van der Waals surface area contributed by atoms with Gasteiger partial charge >= 0.3 is 5.97 Å². The number of carbonyl (C=O) groups excluding carboxylic acids is 2. The van der Waals surface area contributed by atoms with Crippen LogP contribution in [0.2, 0.25) is 0 Å². The number of aromatic nitrogens is 2. The highest BCUT2D eigenvalue weighted by Crippen LogP contribution is 2.38. The zero-order chi connectivity index (χ0) is 25.6. The zero-order valence-corrected chi connectivity index (χ0v) is 21.4. The lowest BCUT2D eigenvalue weighted by Gasteiger charge is -2.25. The number of benzene rings is 3. The van der Waals surface area contributed by atoms with Gasteiger partial charge in [-0.05, 0) is 54.3 Å². The molecule has 1 heterocycles. The molecule has 5 rings (SSSR count). The largest absolute Gasteiger partial charge is 0.484 e. The first-order chi connectivity index (χ1) is 18.1. The Hall–Kier alpha value is -3.84. The molecule has 0 unspecified atom stereocenters. The van der Waals surface area contributed by atoms with Gasteiger partial charge in [0.2, 0.25) is 0 Å². The summed E-state index contributed by atoms with van der Waals surface area (Å²) in [5.74, 6) is 1.21. The van der Waals surface area contributed by atoms with Gasteiger partial charge in [0, 0.05) is 40.6 Å². The number of rotatable bonds is 9. The van der Waals surface area contributed by atoms with E-state index in [-0.39, 0.29) is 17.9 Å². The predicted octanol–water partition coefficient (Wildman–Crippen LogP) is 6.30. The minimum Gasteiger partial charge on any atom is -0.484 e. The van der Waals surface area contributed by atoms with Gasteiger partial charge in [-0.15, -0.1) is 11.8 Å². The van der Waals surface area contributed by atoms with Gasteiger partial charge in [-0.25, -0.2) is 9.78 Å². The van der Waals surface area contributed by atoms with E-state index in [4.69, 9.17) is 9.47 Å². The van der Waals surface area contributed by atoms with Crippen molar-refractivity contribution < 1.29 is 19.1 Å². The fourth-order valence-corrected chi connectivity index (χ4v) is 5.66. The molecule has 1 aliphatic rings. The number of esters is 1. The number of ether oxygens (including phenoxy) is 2. The fourth-order valence-electron chi connectivity index (χ4n) is 4.65. The van der Waals surface area contributed by atoms with Crippen molar-refractivity contribution in [2.24, 2.45) is 0 Å². The molecule has 3 aromatic carbocycles. The molecule has 0 saturated heterocycles. The van der Waals surface area contributed by atoms with Crippen LogP contribution in [0.25, 0.3) is 0 Å². The van der Waals surface area contributed by atoms with Crippen LogP contribution in [-0.2, 0) is 23.5 Å². The smallest absolute Gasteiger partial charge is 0.337 e. The number of nitrogens with zero attached hydrogens (tertiary/aromatic N) is 2. The van der Waals surface area contributed by atoms with Crippen molar-refractivity contribution in [3.05, 3.63) is 113 Å². The molecule has 0 fully saturated rings. The third-order valence-electron chi connectivity index (χ3n) is 6.53. The monoisotopic (exact) mass is 512 g/mol. The van der Waals surface area contributed by atoms with Gasteiger partial charge in [0.25, 0.3) is 0 Å². The summed E-state index contributed by atoms with van der Waals surface area (Å²) in [5.41, 5.74) is 4.47. The molecule has 188 valence electrons. The Morgan fingerprint density at radius 1 is 1.08 bits per heavy atom. The first kappa shape index (κ1) is 24.8. The molecular formula is C30H28N2O4S. The van der Waals surface area contributed by atoms with Crippen LogP contribution in [0.4, 0.5) is 0 Å². The van der Waals surface area contributed by atoms with Crippen molar-refractivity contribution >= 4 is 23.5 Å². The Morgan fingerprint density at radius 2 is 1.95 bits per heavy atom. The highest BCUT2D eigenvalue weighted by molar-refractivity contribution is 7.98. The van der Waals surface area contributed by atoms with Gasteiger partial charge in [0.1, 0.15) is 11.9 Å². The number of hydrogen-bond acceptors (Lipinski definition) is 6. The lowest BCUT2D eigenvalue weighted by molar-refractivity contribution is 0.0600.